The van der Waals surface area contributed by atoms with Gasteiger partial charge in [-0.1, -0.05) is 25.1 Å². The molecular formula is C9H9NS. The first-order valence-electron chi connectivity index (χ1n) is 3.75. The minimum absolute atomic E-state index is 1.03. The van der Waals surface area contributed by atoms with Crippen molar-refractivity contribution in [3.8, 4) is 0 Å². The van der Waals surface area contributed by atoms with Gasteiger partial charge in [-0.3, -0.25) is 0 Å². The van der Waals surface area contributed by atoms with Gasteiger partial charge in [0.2, 0.25) is 0 Å². The Morgan fingerprint density at radius 2 is 2.18 bits per heavy atom. The second-order valence-electron chi connectivity index (χ2n) is 2.48. The third kappa shape index (κ3) is 1.03. The third-order valence-corrected chi connectivity index (χ3v) is 2.65. The smallest absolute Gasteiger partial charge is 0.0618 e. The zero-order chi connectivity index (χ0) is 7.68. The number of aromatic nitrogens is 1. The SMILES string of the molecule is CCc1nsc2ccccc12. The van der Waals surface area contributed by atoms with Gasteiger partial charge in [-0.05, 0) is 24.0 Å². The molecule has 1 aromatic carbocycles. The van der Waals surface area contributed by atoms with Crippen LogP contribution < -0.4 is 0 Å². The standard InChI is InChI=1S/C9H9NS/c1-2-8-7-5-3-4-6-9(7)11-10-8/h3-6H,2H2,1H3. The topological polar surface area (TPSA) is 12.9 Å². The maximum absolute atomic E-state index is 4.36. The normalized spacial score (nSPS) is 10.6. The van der Waals surface area contributed by atoms with Crippen molar-refractivity contribution in [3.63, 3.8) is 0 Å². The highest BCUT2D eigenvalue weighted by Crippen LogP contribution is 2.21. The minimum Gasteiger partial charge on any atom is -0.196 e. The molecule has 56 valence electrons. The predicted molar refractivity (Wildman–Crippen MR) is 49.0 cm³/mol. The van der Waals surface area contributed by atoms with E-state index < -0.39 is 0 Å². The first kappa shape index (κ1) is 6.80. The Kier molecular flexibility index (Phi) is 1.62. The predicted octanol–water partition coefficient (Wildman–Crippen LogP) is 2.86. The second-order valence-corrected chi connectivity index (χ2v) is 3.28. The Labute approximate surface area is 69.8 Å². The monoisotopic (exact) mass is 163 g/mol. The van der Waals surface area contributed by atoms with Crippen molar-refractivity contribution < 1.29 is 0 Å². The van der Waals surface area contributed by atoms with Gasteiger partial charge in [-0.15, -0.1) is 0 Å². The van der Waals surface area contributed by atoms with Crippen LogP contribution in [0.4, 0.5) is 0 Å². The molecule has 0 atom stereocenters. The summed E-state index contributed by atoms with van der Waals surface area (Å²) in [6, 6.07) is 8.37. The molecule has 0 aliphatic heterocycles. The fourth-order valence-electron chi connectivity index (χ4n) is 1.19. The van der Waals surface area contributed by atoms with Crippen LogP contribution in [0.2, 0.25) is 0 Å². The van der Waals surface area contributed by atoms with Gasteiger partial charge in [0, 0.05) is 5.39 Å². The van der Waals surface area contributed by atoms with Crippen LogP contribution >= 0.6 is 11.5 Å². The Hall–Kier alpha value is -0.890. The molecule has 0 saturated heterocycles. The molecule has 1 nitrogen and oxygen atoms in total. The fourth-order valence-corrected chi connectivity index (χ4v) is 2.05. The molecule has 1 heterocycles. The lowest BCUT2D eigenvalue weighted by Crippen LogP contribution is -1.77. The number of benzene rings is 1. The average molecular weight is 163 g/mol. The average Bonchev–Trinajstić information content (AvgIpc) is 2.47. The van der Waals surface area contributed by atoms with E-state index in [2.05, 4.69) is 35.6 Å². The van der Waals surface area contributed by atoms with Crippen molar-refractivity contribution in [2.24, 2.45) is 0 Å². The zero-order valence-electron chi connectivity index (χ0n) is 6.37. The van der Waals surface area contributed by atoms with Gasteiger partial charge in [0.25, 0.3) is 0 Å². The first-order chi connectivity index (χ1) is 5.42. The molecule has 0 bridgehead atoms. The van der Waals surface area contributed by atoms with Gasteiger partial charge in [0.05, 0.1) is 10.4 Å². The zero-order valence-corrected chi connectivity index (χ0v) is 7.19. The van der Waals surface area contributed by atoms with E-state index >= 15 is 0 Å². The number of aryl methyl sites for hydroxylation is 1. The highest BCUT2D eigenvalue weighted by molar-refractivity contribution is 7.13. The van der Waals surface area contributed by atoms with E-state index in [-0.39, 0.29) is 0 Å². The summed E-state index contributed by atoms with van der Waals surface area (Å²) in [6.45, 7) is 2.14. The molecule has 0 amide bonds. The van der Waals surface area contributed by atoms with E-state index in [4.69, 9.17) is 0 Å². The summed E-state index contributed by atoms with van der Waals surface area (Å²) in [6.07, 6.45) is 1.03. The van der Waals surface area contributed by atoms with E-state index in [9.17, 15) is 0 Å². The highest BCUT2D eigenvalue weighted by atomic mass is 32.1. The largest absolute Gasteiger partial charge is 0.196 e. The summed E-state index contributed by atoms with van der Waals surface area (Å²) < 4.78 is 5.65. The molecule has 11 heavy (non-hydrogen) atoms. The van der Waals surface area contributed by atoms with E-state index in [0.29, 0.717) is 0 Å². The fraction of sp³-hybridized carbons (Fsp3) is 0.222. The minimum atomic E-state index is 1.03. The van der Waals surface area contributed by atoms with Crippen LogP contribution in [0.3, 0.4) is 0 Å². The summed E-state index contributed by atoms with van der Waals surface area (Å²) in [4.78, 5) is 0. The highest BCUT2D eigenvalue weighted by Gasteiger charge is 2.00. The number of hydrogen-bond acceptors (Lipinski definition) is 2. The third-order valence-electron chi connectivity index (χ3n) is 1.79. The first-order valence-corrected chi connectivity index (χ1v) is 4.52. The molecule has 1 aromatic heterocycles. The van der Waals surface area contributed by atoms with Crippen molar-refractivity contribution in [3.05, 3.63) is 30.0 Å². The molecule has 0 spiro atoms. The van der Waals surface area contributed by atoms with Gasteiger partial charge in [-0.25, -0.2) is 0 Å². The maximum Gasteiger partial charge on any atom is 0.0618 e. The Morgan fingerprint density at radius 3 is 3.00 bits per heavy atom. The summed E-state index contributed by atoms with van der Waals surface area (Å²) in [5.41, 5.74) is 1.23. The van der Waals surface area contributed by atoms with Crippen molar-refractivity contribution in [1.29, 1.82) is 0 Å². The van der Waals surface area contributed by atoms with Crippen molar-refractivity contribution in [1.82, 2.24) is 4.37 Å². The Balaban J connectivity index is 2.76. The van der Waals surface area contributed by atoms with Crippen LogP contribution in [-0.2, 0) is 6.42 Å². The van der Waals surface area contributed by atoms with Crippen LogP contribution in [0.15, 0.2) is 24.3 Å². The van der Waals surface area contributed by atoms with Crippen LogP contribution in [0.25, 0.3) is 10.1 Å². The number of fused-ring (bicyclic) bond motifs is 1. The van der Waals surface area contributed by atoms with Crippen molar-refractivity contribution in [2.75, 3.05) is 0 Å². The number of hydrogen-bond donors (Lipinski definition) is 0. The molecule has 2 heteroatoms. The summed E-state index contributed by atoms with van der Waals surface area (Å²) in [7, 11) is 0. The molecular weight excluding hydrogens is 154 g/mol. The summed E-state index contributed by atoms with van der Waals surface area (Å²) in [5.74, 6) is 0. The maximum atomic E-state index is 4.36. The molecule has 0 aliphatic rings. The van der Waals surface area contributed by atoms with E-state index in [0.717, 1.165) is 6.42 Å². The molecule has 0 aliphatic carbocycles. The van der Waals surface area contributed by atoms with E-state index in [1.54, 1.807) is 11.5 Å². The summed E-state index contributed by atoms with van der Waals surface area (Å²) in [5, 5.41) is 1.32. The lowest BCUT2D eigenvalue weighted by Gasteiger charge is -1.88. The van der Waals surface area contributed by atoms with Gasteiger partial charge in [-0.2, -0.15) is 4.37 Å². The molecule has 0 fully saturated rings. The lowest BCUT2D eigenvalue weighted by atomic mass is 10.2. The van der Waals surface area contributed by atoms with Gasteiger partial charge < -0.3 is 0 Å². The van der Waals surface area contributed by atoms with E-state index in [1.807, 2.05) is 0 Å². The molecule has 0 N–H and O–H groups in total. The Morgan fingerprint density at radius 1 is 1.36 bits per heavy atom. The lowest BCUT2D eigenvalue weighted by molar-refractivity contribution is 1.10. The number of nitrogens with zero attached hydrogens (tertiary/aromatic N) is 1. The van der Waals surface area contributed by atoms with Crippen LogP contribution in [-0.4, -0.2) is 4.37 Å². The second kappa shape index (κ2) is 2.62. The van der Waals surface area contributed by atoms with Crippen LogP contribution in [0.5, 0.6) is 0 Å². The number of rotatable bonds is 1. The van der Waals surface area contributed by atoms with Gasteiger partial charge in [0.1, 0.15) is 0 Å². The molecule has 0 radical (unpaired) electrons. The molecule has 2 aromatic rings. The quantitative estimate of drug-likeness (QED) is 0.630. The van der Waals surface area contributed by atoms with Crippen molar-refractivity contribution >= 4 is 21.6 Å². The molecule has 0 saturated carbocycles. The Bertz CT molecular complexity index is 364. The van der Waals surface area contributed by atoms with Gasteiger partial charge in [0.15, 0.2) is 0 Å². The van der Waals surface area contributed by atoms with Crippen LogP contribution in [0.1, 0.15) is 12.6 Å². The van der Waals surface area contributed by atoms with Crippen LogP contribution in [0, 0.1) is 0 Å². The van der Waals surface area contributed by atoms with E-state index in [1.165, 1.54) is 15.8 Å². The molecule has 2 rings (SSSR count). The molecule has 0 unspecified atom stereocenters. The van der Waals surface area contributed by atoms with Gasteiger partial charge >= 0.3 is 0 Å². The summed E-state index contributed by atoms with van der Waals surface area (Å²) >= 11 is 1.59. The van der Waals surface area contributed by atoms with Crippen molar-refractivity contribution in [2.45, 2.75) is 13.3 Å².